The number of carbonyl (C=O) groups is 1. The molecule has 0 radical (unpaired) electrons. The van der Waals surface area contributed by atoms with Crippen molar-refractivity contribution in [2.75, 3.05) is 5.32 Å². The quantitative estimate of drug-likeness (QED) is 0.907. The summed E-state index contributed by atoms with van der Waals surface area (Å²) in [5, 5.41) is 6.40. The minimum absolute atomic E-state index is 0. The zero-order valence-corrected chi connectivity index (χ0v) is 13.0. The Morgan fingerprint density at radius 3 is 2.67 bits per heavy atom. The molecule has 0 saturated heterocycles. The van der Waals surface area contributed by atoms with Gasteiger partial charge in [0.1, 0.15) is 0 Å². The first-order chi connectivity index (χ1) is 9.13. The second-order valence-electron chi connectivity index (χ2n) is 4.92. The van der Waals surface area contributed by atoms with Crippen LogP contribution < -0.4 is 11.1 Å². The van der Waals surface area contributed by atoms with E-state index < -0.39 is 0 Å². The van der Waals surface area contributed by atoms with Crippen molar-refractivity contribution in [3.05, 3.63) is 47.2 Å². The molecule has 0 spiro atoms. The Labute approximate surface area is 135 Å². The Hall–Kier alpha value is -1.56. The number of anilines is 1. The van der Waals surface area contributed by atoms with E-state index >= 15 is 0 Å². The normalized spacial score (nSPS) is 19.1. The molecule has 3 rings (SSSR count). The fourth-order valence-electron chi connectivity index (χ4n) is 2.12. The van der Waals surface area contributed by atoms with Gasteiger partial charge < -0.3 is 10.3 Å². The van der Waals surface area contributed by atoms with Gasteiger partial charge in [0.05, 0.1) is 5.69 Å². The molecule has 5 nitrogen and oxygen atoms in total. The maximum atomic E-state index is 12.1. The summed E-state index contributed by atoms with van der Waals surface area (Å²) in [6.07, 6.45) is 0.992. The number of hydrogen-bond donors (Lipinski definition) is 2. The number of benzene rings is 1. The highest BCUT2D eigenvalue weighted by Crippen LogP contribution is 2.39. The van der Waals surface area contributed by atoms with Crippen molar-refractivity contribution < 1.29 is 9.32 Å². The minimum atomic E-state index is -0.202. The summed E-state index contributed by atoms with van der Waals surface area (Å²) in [5.41, 5.74) is 8.28. The van der Waals surface area contributed by atoms with Crippen LogP contribution in [0.3, 0.4) is 0 Å². The minimum Gasteiger partial charge on any atom is -0.338 e. The zero-order chi connectivity index (χ0) is 13.4. The molecule has 0 bridgehead atoms. The summed E-state index contributed by atoms with van der Waals surface area (Å²) in [6, 6.07) is 9.45. The molecule has 21 heavy (non-hydrogen) atoms. The van der Waals surface area contributed by atoms with Crippen LogP contribution in [-0.2, 0) is 0 Å². The van der Waals surface area contributed by atoms with Gasteiger partial charge in [-0.3, -0.25) is 10.1 Å². The predicted octanol–water partition coefficient (Wildman–Crippen LogP) is 2.89. The van der Waals surface area contributed by atoms with E-state index in [2.05, 4.69) is 10.5 Å². The molecule has 1 aliphatic carbocycles. The highest BCUT2D eigenvalue weighted by atomic mass is 35.5. The SMILES string of the molecule is Cc1cc(NC(=O)c2cccc([C@@H]3C[C@H]3N)c2)on1.Cl.Cl. The van der Waals surface area contributed by atoms with Crippen molar-refractivity contribution in [3.63, 3.8) is 0 Å². The van der Waals surface area contributed by atoms with Crippen LogP contribution in [0, 0.1) is 6.92 Å². The van der Waals surface area contributed by atoms with Crippen LogP contribution in [0.5, 0.6) is 0 Å². The summed E-state index contributed by atoms with van der Waals surface area (Å²) in [4.78, 5) is 12.1. The van der Waals surface area contributed by atoms with Crippen LogP contribution in [0.25, 0.3) is 0 Å². The number of carbonyl (C=O) groups excluding carboxylic acids is 1. The number of rotatable bonds is 3. The fraction of sp³-hybridized carbons (Fsp3) is 0.286. The largest absolute Gasteiger partial charge is 0.338 e. The maximum absolute atomic E-state index is 12.1. The third-order valence-electron chi connectivity index (χ3n) is 3.28. The molecule has 1 fully saturated rings. The van der Waals surface area contributed by atoms with E-state index in [9.17, 15) is 4.79 Å². The van der Waals surface area contributed by atoms with E-state index in [-0.39, 0.29) is 36.8 Å². The van der Waals surface area contributed by atoms with Gasteiger partial charge in [0, 0.05) is 23.6 Å². The van der Waals surface area contributed by atoms with Gasteiger partial charge in [0.2, 0.25) is 5.88 Å². The molecule has 1 saturated carbocycles. The van der Waals surface area contributed by atoms with Crippen LogP contribution in [0.2, 0.25) is 0 Å². The van der Waals surface area contributed by atoms with E-state index in [4.69, 9.17) is 10.3 Å². The molecule has 1 aliphatic rings. The highest BCUT2D eigenvalue weighted by molar-refractivity contribution is 6.03. The average Bonchev–Trinajstić information content (AvgIpc) is 3.00. The van der Waals surface area contributed by atoms with E-state index in [1.165, 1.54) is 0 Å². The molecular weight excluding hydrogens is 313 g/mol. The van der Waals surface area contributed by atoms with Crippen molar-refractivity contribution in [2.45, 2.75) is 25.3 Å². The molecule has 3 N–H and O–H groups in total. The molecule has 2 atom stereocenters. The van der Waals surface area contributed by atoms with Crippen LogP contribution in [0.1, 0.15) is 34.0 Å². The first kappa shape index (κ1) is 17.5. The second-order valence-corrected chi connectivity index (χ2v) is 4.92. The van der Waals surface area contributed by atoms with Crippen LogP contribution in [0.4, 0.5) is 5.88 Å². The number of amides is 1. The number of aromatic nitrogens is 1. The van der Waals surface area contributed by atoms with Gasteiger partial charge in [-0.15, -0.1) is 24.8 Å². The number of nitrogens with two attached hydrogens (primary N) is 1. The molecule has 1 heterocycles. The third kappa shape index (κ3) is 3.97. The van der Waals surface area contributed by atoms with E-state index in [1.54, 1.807) is 19.1 Å². The van der Waals surface area contributed by atoms with Gasteiger partial charge in [-0.05, 0) is 31.0 Å². The number of nitrogens with zero attached hydrogens (tertiary/aromatic N) is 1. The lowest BCUT2D eigenvalue weighted by molar-refractivity contribution is 0.102. The lowest BCUT2D eigenvalue weighted by Crippen LogP contribution is -2.11. The standard InChI is InChI=1S/C14H15N3O2.2ClH/c1-8-5-13(19-17-8)16-14(18)10-4-2-3-9(6-10)11-7-12(11)15;;/h2-6,11-12H,7,15H2,1H3,(H,16,18);2*1H/t11-,12+;;/m0../s1. The lowest BCUT2D eigenvalue weighted by Gasteiger charge is -2.04. The Morgan fingerprint density at radius 1 is 1.38 bits per heavy atom. The van der Waals surface area contributed by atoms with Crippen LogP contribution in [-0.4, -0.2) is 17.1 Å². The van der Waals surface area contributed by atoms with Crippen molar-refractivity contribution in [2.24, 2.45) is 5.73 Å². The molecular formula is C14H17Cl2N3O2. The maximum Gasteiger partial charge on any atom is 0.258 e. The lowest BCUT2D eigenvalue weighted by atomic mass is 10.1. The van der Waals surface area contributed by atoms with E-state index in [0.29, 0.717) is 17.4 Å². The Kier molecular flexibility index (Phi) is 5.78. The Morgan fingerprint density at radius 2 is 2.10 bits per heavy atom. The van der Waals surface area contributed by atoms with Gasteiger partial charge >= 0.3 is 0 Å². The fourth-order valence-corrected chi connectivity index (χ4v) is 2.12. The summed E-state index contributed by atoms with van der Waals surface area (Å²) >= 11 is 0. The van der Waals surface area contributed by atoms with Crippen LogP contribution >= 0.6 is 24.8 Å². The van der Waals surface area contributed by atoms with Crippen molar-refractivity contribution in [1.82, 2.24) is 5.16 Å². The average molecular weight is 330 g/mol. The molecule has 1 aromatic carbocycles. The van der Waals surface area contributed by atoms with Crippen molar-refractivity contribution in [3.8, 4) is 0 Å². The summed E-state index contributed by atoms with van der Waals surface area (Å²) in [5.74, 6) is 0.545. The highest BCUT2D eigenvalue weighted by Gasteiger charge is 2.34. The van der Waals surface area contributed by atoms with Crippen molar-refractivity contribution >= 4 is 36.6 Å². The van der Waals surface area contributed by atoms with E-state index in [1.807, 2.05) is 18.2 Å². The predicted molar refractivity (Wildman–Crippen MR) is 85.5 cm³/mol. The molecule has 1 aromatic heterocycles. The number of halogens is 2. The monoisotopic (exact) mass is 329 g/mol. The van der Waals surface area contributed by atoms with Gasteiger partial charge in [-0.2, -0.15) is 0 Å². The zero-order valence-electron chi connectivity index (χ0n) is 11.4. The number of hydrogen-bond acceptors (Lipinski definition) is 4. The van der Waals surface area contributed by atoms with Gasteiger partial charge in [-0.1, -0.05) is 17.3 Å². The first-order valence-electron chi connectivity index (χ1n) is 6.23. The van der Waals surface area contributed by atoms with E-state index in [0.717, 1.165) is 17.7 Å². The smallest absolute Gasteiger partial charge is 0.258 e. The summed E-state index contributed by atoms with van der Waals surface area (Å²) in [7, 11) is 0. The molecule has 0 unspecified atom stereocenters. The van der Waals surface area contributed by atoms with Gasteiger partial charge in [0.25, 0.3) is 5.91 Å². The summed E-state index contributed by atoms with van der Waals surface area (Å²) in [6.45, 7) is 1.80. The van der Waals surface area contributed by atoms with Gasteiger partial charge in [0.15, 0.2) is 0 Å². The van der Waals surface area contributed by atoms with Crippen LogP contribution in [0.15, 0.2) is 34.9 Å². The third-order valence-corrected chi connectivity index (χ3v) is 3.28. The summed E-state index contributed by atoms with van der Waals surface area (Å²) < 4.78 is 4.96. The Balaban J connectivity index is 0.00000110. The Bertz CT molecular complexity index is 630. The topological polar surface area (TPSA) is 81.2 Å². The molecule has 114 valence electrons. The first-order valence-corrected chi connectivity index (χ1v) is 6.23. The molecule has 1 amide bonds. The molecule has 2 aromatic rings. The second kappa shape index (κ2) is 6.93. The molecule has 7 heteroatoms. The molecule has 0 aliphatic heterocycles. The number of nitrogens with one attached hydrogen (secondary N) is 1. The van der Waals surface area contributed by atoms with Crippen molar-refractivity contribution in [1.29, 1.82) is 0 Å². The van der Waals surface area contributed by atoms with Gasteiger partial charge in [-0.25, -0.2) is 0 Å². The number of aryl methyl sites for hydroxylation is 1.